The summed E-state index contributed by atoms with van der Waals surface area (Å²) in [5.74, 6) is -0.0124. The van der Waals surface area contributed by atoms with Crippen LogP contribution in [0.2, 0.25) is 0 Å². The zero-order valence-electron chi connectivity index (χ0n) is 40.1. The lowest BCUT2D eigenvalue weighted by Gasteiger charge is -2.30. The van der Waals surface area contributed by atoms with Gasteiger partial charge in [0.2, 0.25) is 11.8 Å². The average Bonchev–Trinajstić information content (AvgIpc) is 4.16. The topological polar surface area (TPSA) is 175 Å². The number of nitrogens with one attached hydrogen (secondary N) is 5. The van der Waals surface area contributed by atoms with E-state index in [1.54, 1.807) is 51.3 Å². The lowest BCUT2D eigenvalue weighted by molar-refractivity contribution is -0.116. The number of carbonyl (C=O) groups is 3. The number of fused-ring (bicyclic) bond motifs is 4. The lowest BCUT2D eigenvalue weighted by Crippen LogP contribution is -2.39. The van der Waals surface area contributed by atoms with E-state index in [9.17, 15) is 14.4 Å². The van der Waals surface area contributed by atoms with Gasteiger partial charge < -0.3 is 36.2 Å². The summed E-state index contributed by atoms with van der Waals surface area (Å²) in [6, 6.07) is 24.3. The summed E-state index contributed by atoms with van der Waals surface area (Å²) < 4.78 is 7.89. The zero-order chi connectivity index (χ0) is 49.2. The van der Waals surface area contributed by atoms with Crippen molar-refractivity contribution in [1.29, 1.82) is 0 Å². The van der Waals surface area contributed by atoms with Crippen molar-refractivity contribution >= 4 is 93.7 Å². The van der Waals surface area contributed by atoms with Gasteiger partial charge in [0.05, 0.1) is 27.0 Å². The molecular weight excluding hydrogens is 969 g/mol. The standard InChI is InChI=1S/C29H33N5O3S2.C24H25N5OS2/c1-29(2,3)37-28(36)34-16-12-20-23(18-34)39-27(25(20)26-32-21-8-4-5-9-22(21)38-26)33-24(35)11-15-30-14-10-19-7-6-13-31-17-19;30-21(9-13-25-11-7-16-4-3-10-26-14-16)29-24-22(17-8-12-27-15-20(17)32-24)23-28-18-5-1-2-6-19(18)31-23/h4-9,13,17,30H,10-12,14-16,18H2,1-3H3,(H,33,35);1-6,10,14,25,27H,7-9,11-13,15H2,(H,29,30). The molecule has 10 rings (SSSR count). The fourth-order valence-corrected chi connectivity index (χ4v) is 13.1. The molecule has 0 spiro atoms. The van der Waals surface area contributed by atoms with Crippen molar-refractivity contribution in [1.82, 2.24) is 40.8 Å². The van der Waals surface area contributed by atoms with Gasteiger partial charge in [-0.25, -0.2) is 14.8 Å². The Morgan fingerprint density at radius 3 is 1.72 bits per heavy atom. The highest BCUT2D eigenvalue weighted by Gasteiger charge is 2.32. The van der Waals surface area contributed by atoms with Gasteiger partial charge in [0.15, 0.2) is 0 Å². The van der Waals surface area contributed by atoms with Crippen LogP contribution in [0, 0.1) is 0 Å². The van der Waals surface area contributed by atoms with Crippen molar-refractivity contribution in [2.24, 2.45) is 0 Å². The molecule has 8 heterocycles. The third-order valence-corrected chi connectivity index (χ3v) is 16.2. The van der Waals surface area contributed by atoms with Gasteiger partial charge in [0.25, 0.3) is 0 Å². The molecule has 8 aromatic rings. The molecule has 3 amide bonds. The molecule has 2 aliphatic heterocycles. The summed E-state index contributed by atoms with van der Waals surface area (Å²) in [6.07, 6.45) is 11.2. The molecule has 71 heavy (non-hydrogen) atoms. The largest absolute Gasteiger partial charge is 0.444 e. The minimum absolute atomic E-state index is 0.0350. The Balaban J connectivity index is 0.000000179. The number of hydrogen-bond donors (Lipinski definition) is 5. The van der Waals surface area contributed by atoms with Crippen LogP contribution in [-0.4, -0.2) is 87.6 Å². The maximum absolute atomic E-state index is 13.0. The van der Waals surface area contributed by atoms with Crippen molar-refractivity contribution in [3.05, 3.63) is 130 Å². The van der Waals surface area contributed by atoms with Crippen molar-refractivity contribution in [2.75, 3.05) is 49.9 Å². The first-order valence-corrected chi connectivity index (χ1v) is 27.3. The molecule has 2 aromatic carbocycles. The van der Waals surface area contributed by atoms with Gasteiger partial charge in [-0.3, -0.25) is 19.6 Å². The summed E-state index contributed by atoms with van der Waals surface area (Å²) in [7, 11) is 0. The van der Waals surface area contributed by atoms with E-state index in [0.29, 0.717) is 45.4 Å². The van der Waals surface area contributed by atoms with Gasteiger partial charge in [-0.05, 0) is 125 Å². The molecule has 18 heteroatoms. The molecule has 0 saturated carbocycles. The predicted octanol–water partition coefficient (Wildman–Crippen LogP) is 10.1. The number of carbonyl (C=O) groups excluding carboxylic acids is 3. The van der Waals surface area contributed by atoms with E-state index in [-0.39, 0.29) is 17.9 Å². The van der Waals surface area contributed by atoms with Crippen LogP contribution in [0.25, 0.3) is 41.6 Å². The van der Waals surface area contributed by atoms with Crippen LogP contribution >= 0.6 is 45.3 Å². The molecule has 6 aromatic heterocycles. The smallest absolute Gasteiger partial charge is 0.410 e. The Morgan fingerprint density at radius 2 is 1.20 bits per heavy atom. The quantitative estimate of drug-likeness (QED) is 0.0583. The Labute approximate surface area is 429 Å². The van der Waals surface area contributed by atoms with Crippen LogP contribution < -0.4 is 26.6 Å². The number of thiophene rings is 2. The number of rotatable bonds is 16. The highest BCUT2D eigenvalue weighted by Crippen LogP contribution is 2.47. The first-order chi connectivity index (χ1) is 34.5. The normalized spacial score (nSPS) is 13.3. The molecule has 0 unspecified atom stereocenters. The van der Waals surface area contributed by atoms with Crippen LogP contribution in [0.15, 0.2) is 97.6 Å². The van der Waals surface area contributed by atoms with Gasteiger partial charge in [-0.15, -0.1) is 45.3 Å². The number of thiazole rings is 2. The Kier molecular flexibility index (Phi) is 16.5. The van der Waals surface area contributed by atoms with Crippen molar-refractivity contribution in [3.8, 4) is 21.1 Å². The Hall–Kier alpha value is -5.99. The second-order valence-electron chi connectivity index (χ2n) is 18.3. The number of anilines is 2. The third-order valence-electron chi connectivity index (χ3n) is 11.8. The fraction of sp³-hybridized carbons (Fsp3) is 0.340. The van der Waals surface area contributed by atoms with Crippen molar-refractivity contribution < 1.29 is 19.1 Å². The molecule has 0 radical (unpaired) electrons. The highest BCUT2D eigenvalue weighted by atomic mass is 32.1. The minimum atomic E-state index is -0.551. The molecule has 0 saturated heterocycles. The summed E-state index contributed by atoms with van der Waals surface area (Å²) in [5, 5.41) is 20.1. The van der Waals surface area contributed by atoms with E-state index in [1.807, 2.05) is 87.8 Å². The molecule has 0 bridgehead atoms. The maximum atomic E-state index is 13.0. The van der Waals surface area contributed by atoms with Crippen molar-refractivity contribution in [2.45, 2.75) is 78.0 Å². The predicted molar refractivity (Wildman–Crippen MR) is 290 cm³/mol. The Morgan fingerprint density at radius 1 is 0.662 bits per heavy atom. The fourth-order valence-electron chi connectivity index (χ4n) is 8.40. The van der Waals surface area contributed by atoms with Gasteiger partial charge in [-0.2, -0.15) is 0 Å². The monoisotopic (exact) mass is 1030 g/mol. The van der Waals surface area contributed by atoms with E-state index in [1.165, 1.54) is 37.6 Å². The van der Waals surface area contributed by atoms with Gasteiger partial charge in [0, 0.05) is 84.7 Å². The molecular formula is C53H58N10O4S4. The van der Waals surface area contributed by atoms with Crippen LogP contribution in [0.4, 0.5) is 14.8 Å². The lowest BCUT2D eigenvalue weighted by atomic mass is 10.0. The van der Waals surface area contributed by atoms with Crippen LogP contribution in [0.3, 0.4) is 0 Å². The molecule has 5 N–H and O–H groups in total. The van der Waals surface area contributed by atoms with Gasteiger partial charge >= 0.3 is 6.09 Å². The molecule has 0 fully saturated rings. The van der Waals surface area contributed by atoms with E-state index in [4.69, 9.17) is 14.7 Å². The summed E-state index contributed by atoms with van der Waals surface area (Å²) in [5.41, 5.74) is 8.35. The minimum Gasteiger partial charge on any atom is -0.444 e. The molecule has 0 atom stereocenters. The summed E-state index contributed by atoms with van der Waals surface area (Å²) in [6.45, 7) is 11.3. The van der Waals surface area contributed by atoms with Crippen LogP contribution in [0.5, 0.6) is 0 Å². The highest BCUT2D eigenvalue weighted by molar-refractivity contribution is 7.23. The van der Waals surface area contributed by atoms with E-state index in [2.05, 4.69) is 54.8 Å². The zero-order valence-corrected chi connectivity index (χ0v) is 43.4. The number of pyridine rings is 2. The number of hydrogen-bond acceptors (Lipinski definition) is 15. The summed E-state index contributed by atoms with van der Waals surface area (Å²) in [4.78, 5) is 60.6. The molecule has 14 nitrogen and oxygen atoms in total. The van der Waals surface area contributed by atoms with E-state index >= 15 is 0 Å². The number of ether oxygens (including phenoxy) is 1. The van der Waals surface area contributed by atoms with Gasteiger partial charge in [0.1, 0.15) is 25.6 Å². The van der Waals surface area contributed by atoms with Crippen LogP contribution in [-0.2, 0) is 53.1 Å². The third kappa shape index (κ3) is 13.1. The number of para-hydroxylation sites is 2. The Bertz CT molecular complexity index is 3020. The molecule has 368 valence electrons. The SMILES string of the molecule is CC(C)(C)OC(=O)N1CCc2c(sc(NC(=O)CCNCCc3cccnc3)c2-c2nc3ccccc3s2)C1.O=C(CCNCCc1cccnc1)Nc1sc2c(c1-c1nc3ccccc3s1)CCNC2. The average molecular weight is 1030 g/mol. The van der Waals surface area contributed by atoms with Crippen molar-refractivity contribution in [3.63, 3.8) is 0 Å². The summed E-state index contributed by atoms with van der Waals surface area (Å²) >= 11 is 6.54. The number of benzene rings is 2. The maximum Gasteiger partial charge on any atom is 0.410 e. The van der Waals surface area contributed by atoms with E-state index in [0.717, 1.165) is 103 Å². The molecule has 2 aliphatic rings. The first-order valence-electron chi connectivity index (χ1n) is 24.0. The molecule has 0 aliphatic carbocycles. The van der Waals surface area contributed by atoms with Gasteiger partial charge in [-0.1, -0.05) is 36.4 Å². The second-order valence-corrected chi connectivity index (χ2v) is 22.6. The number of nitrogens with zero attached hydrogens (tertiary/aromatic N) is 5. The van der Waals surface area contributed by atoms with Crippen LogP contribution in [0.1, 0.15) is 65.6 Å². The second kappa shape index (κ2) is 23.5. The number of aromatic nitrogens is 4. The number of amides is 3. The van der Waals surface area contributed by atoms with E-state index < -0.39 is 5.60 Å². The first kappa shape index (κ1) is 50.0.